The molecule has 2 rings (SSSR count). The Labute approximate surface area is 82.4 Å². The van der Waals surface area contributed by atoms with Crippen molar-refractivity contribution in [2.75, 3.05) is 0 Å². The fourth-order valence-corrected chi connectivity index (χ4v) is 1.07. The summed E-state index contributed by atoms with van der Waals surface area (Å²) in [5, 5.41) is 5.28. The maximum atomic E-state index is 5.39. The molecule has 0 aromatic heterocycles. The van der Waals surface area contributed by atoms with Gasteiger partial charge in [-0.25, -0.2) is 4.84 Å². The van der Waals surface area contributed by atoms with Crippen molar-refractivity contribution in [2.45, 2.75) is 6.61 Å². The first-order chi connectivity index (χ1) is 6.95. The van der Waals surface area contributed by atoms with E-state index in [1.807, 2.05) is 30.3 Å². The van der Waals surface area contributed by atoms with E-state index in [0.717, 1.165) is 5.56 Å². The van der Waals surface area contributed by atoms with Gasteiger partial charge in [-0.3, -0.25) is 0 Å². The van der Waals surface area contributed by atoms with Crippen LogP contribution in [-0.2, 0) is 11.4 Å². The van der Waals surface area contributed by atoms with Gasteiger partial charge in [-0.05, 0) is 11.6 Å². The van der Waals surface area contributed by atoms with Crippen molar-refractivity contribution in [3.63, 3.8) is 0 Å². The molecule has 0 radical (unpaired) electrons. The van der Waals surface area contributed by atoms with Crippen molar-refractivity contribution in [1.29, 1.82) is 0 Å². The Bertz CT molecular complexity index is 334. The maximum absolute atomic E-state index is 5.39. The molecule has 0 saturated heterocycles. The lowest BCUT2D eigenvalue weighted by molar-refractivity contribution is -0.168. The predicted molar refractivity (Wildman–Crippen MR) is 53.8 cm³/mol. The highest BCUT2D eigenvalue weighted by atomic mass is 16.7. The van der Waals surface area contributed by atoms with Crippen LogP contribution in [0.1, 0.15) is 5.56 Å². The molecule has 4 heteroatoms. The third-order valence-electron chi connectivity index (χ3n) is 1.75. The number of hydrogen-bond donors (Lipinski definition) is 1. The quantitative estimate of drug-likeness (QED) is 0.781. The van der Waals surface area contributed by atoms with E-state index in [2.05, 4.69) is 10.6 Å². The number of hydrogen-bond acceptors (Lipinski definition) is 4. The van der Waals surface area contributed by atoms with E-state index in [4.69, 9.17) is 4.84 Å². The Morgan fingerprint density at radius 3 is 2.86 bits per heavy atom. The van der Waals surface area contributed by atoms with Gasteiger partial charge in [0, 0.05) is 0 Å². The SMILES string of the molecule is C1=CN(OCc2ccccc2)NN=C1. The maximum Gasteiger partial charge on any atom is 0.102 e. The van der Waals surface area contributed by atoms with Gasteiger partial charge in [0.25, 0.3) is 0 Å². The molecule has 1 aromatic carbocycles. The molecule has 1 aliphatic heterocycles. The molecule has 14 heavy (non-hydrogen) atoms. The van der Waals surface area contributed by atoms with Crippen molar-refractivity contribution < 1.29 is 4.84 Å². The molecule has 1 aromatic rings. The molecule has 4 nitrogen and oxygen atoms in total. The number of hydroxylamine groups is 1. The first-order valence-corrected chi connectivity index (χ1v) is 4.37. The third-order valence-corrected chi connectivity index (χ3v) is 1.75. The van der Waals surface area contributed by atoms with Crippen molar-refractivity contribution in [3.8, 4) is 0 Å². The smallest absolute Gasteiger partial charge is 0.102 e. The molecular formula is C10H11N3O. The Kier molecular flexibility index (Phi) is 2.78. The molecule has 0 saturated carbocycles. The van der Waals surface area contributed by atoms with Crippen LogP contribution in [0.5, 0.6) is 0 Å². The highest BCUT2D eigenvalue weighted by Gasteiger charge is 1.99. The van der Waals surface area contributed by atoms with E-state index in [1.54, 1.807) is 18.5 Å². The summed E-state index contributed by atoms with van der Waals surface area (Å²) in [5.41, 5.74) is 3.81. The minimum absolute atomic E-state index is 0.522. The molecule has 0 amide bonds. The Hall–Kier alpha value is -1.81. The second kappa shape index (κ2) is 4.43. The molecule has 0 unspecified atom stereocenters. The molecule has 0 aliphatic carbocycles. The second-order valence-electron chi connectivity index (χ2n) is 2.80. The Morgan fingerprint density at radius 2 is 2.14 bits per heavy atom. The van der Waals surface area contributed by atoms with Crippen molar-refractivity contribution in [3.05, 3.63) is 48.2 Å². The Morgan fingerprint density at radius 1 is 1.29 bits per heavy atom. The van der Waals surface area contributed by atoms with Gasteiger partial charge in [0.05, 0.1) is 12.4 Å². The van der Waals surface area contributed by atoms with Gasteiger partial charge in [0.2, 0.25) is 0 Å². The number of allylic oxidation sites excluding steroid dienone is 1. The fraction of sp³-hybridized carbons (Fsp3) is 0.100. The van der Waals surface area contributed by atoms with Gasteiger partial charge in [-0.2, -0.15) is 15.8 Å². The van der Waals surface area contributed by atoms with Crippen LogP contribution in [0.4, 0.5) is 0 Å². The van der Waals surface area contributed by atoms with E-state index in [1.165, 1.54) is 5.17 Å². The van der Waals surface area contributed by atoms with Crippen LogP contribution in [0.2, 0.25) is 0 Å². The minimum atomic E-state index is 0.522. The largest absolute Gasteiger partial charge is 0.248 e. The summed E-state index contributed by atoms with van der Waals surface area (Å²) >= 11 is 0. The number of nitrogens with one attached hydrogen (secondary N) is 1. The van der Waals surface area contributed by atoms with Gasteiger partial charge < -0.3 is 0 Å². The number of nitrogens with zero attached hydrogens (tertiary/aromatic N) is 2. The first-order valence-electron chi connectivity index (χ1n) is 4.37. The molecule has 0 bridgehead atoms. The van der Waals surface area contributed by atoms with E-state index < -0.39 is 0 Å². The van der Waals surface area contributed by atoms with Gasteiger partial charge >= 0.3 is 0 Å². The van der Waals surface area contributed by atoms with Crippen LogP contribution in [0, 0.1) is 0 Å². The predicted octanol–water partition coefficient (Wildman–Crippen LogP) is 1.44. The van der Waals surface area contributed by atoms with E-state index >= 15 is 0 Å². The van der Waals surface area contributed by atoms with Crippen LogP contribution in [-0.4, -0.2) is 11.4 Å². The zero-order valence-electron chi connectivity index (χ0n) is 7.63. The molecule has 0 fully saturated rings. The van der Waals surface area contributed by atoms with Gasteiger partial charge in [-0.1, -0.05) is 30.3 Å². The first kappa shape index (κ1) is 8.77. The number of rotatable bonds is 3. The number of benzene rings is 1. The summed E-state index contributed by atoms with van der Waals surface area (Å²) in [5.74, 6) is 0. The molecule has 0 spiro atoms. The van der Waals surface area contributed by atoms with Crippen LogP contribution in [0.25, 0.3) is 0 Å². The highest BCUT2D eigenvalue weighted by Crippen LogP contribution is 2.02. The van der Waals surface area contributed by atoms with Gasteiger partial charge in [0.15, 0.2) is 0 Å². The lowest BCUT2D eigenvalue weighted by atomic mass is 10.2. The number of hydrazine groups is 1. The van der Waals surface area contributed by atoms with Crippen molar-refractivity contribution in [2.24, 2.45) is 5.10 Å². The lowest BCUT2D eigenvalue weighted by Crippen LogP contribution is -2.30. The summed E-state index contributed by atoms with van der Waals surface area (Å²) in [6.07, 6.45) is 5.21. The molecule has 1 heterocycles. The van der Waals surface area contributed by atoms with Gasteiger partial charge in [-0.15, -0.1) is 0 Å². The molecule has 72 valence electrons. The average Bonchev–Trinajstić information content (AvgIpc) is 2.29. The van der Waals surface area contributed by atoms with E-state index in [0.29, 0.717) is 6.61 Å². The zero-order valence-corrected chi connectivity index (χ0v) is 7.63. The Balaban J connectivity index is 1.83. The molecule has 0 atom stereocenters. The van der Waals surface area contributed by atoms with Crippen molar-refractivity contribution in [1.82, 2.24) is 10.7 Å². The van der Waals surface area contributed by atoms with E-state index in [9.17, 15) is 0 Å². The minimum Gasteiger partial charge on any atom is -0.248 e. The van der Waals surface area contributed by atoms with Crippen LogP contribution in [0.3, 0.4) is 0 Å². The summed E-state index contributed by atoms with van der Waals surface area (Å²) in [6.45, 7) is 0.522. The third kappa shape index (κ3) is 2.34. The molecule has 1 N–H and O–H groups in total. The highest BCUT2D eigenvalue weighted by molar-refractivity contribution is 5.70. The standard InChI is InChI=1S/C10H11N3O/c1-2-5-10(6-3-1)9-14-13-8-4-7-11-12-13/h1-8,12H,9H2. The topological polar surface area (TPSA) is 36.9 Å². The fourth-order valence-electron chi connectivity index (χ4n) is 1.07. The van der Waals surface area contributed by atoms with Gasteiger partial charge in [0.1, 0.15) is 6.61 Å². The lowest BCUT2D eigenvalue weighted by Gasteiger charge is -2.19. The van der Waals surface area contributed by atoms with E-state index in [-0.39, 0.29) is 0 Å². The van der Waals surface area contributed by atoms with Crippen LogP contribution in [0.15, 0.2) is 47.7 Å². The zero-order chi connectivity index (χ0) is 9.64. The summed E-state index contributed by atoms with van der Waals surface area (Å²) in [4.78, 5) is 5.39. The normalized spacial score (nSPS) is 14.1. The van der Waals surface area contributed by atoms with Crippen molar-refractivity contribution >= 4 is 6.21 Å². The van der Waals surface area contributed by atoms with Crippen LogP contribution < -0.4 is 5.53 Å². The second-order valence-corrected chi connectivity index (χ2v) is 2.80. The summed E-state index contributed by atoms with van der Waals surface area (Å²) in [6, 6.07) is 9.97. The number of hydrazone groups is 1. The molecule has 1 aliphatic rings. The average molecular weight is 189 g/mol. The summed E-state index contributed by atoms with van der Waals surface area (Å²) < 4.78 is 0. The molecular weight excluding hydrogens is 178 g/mol. The summed E-state index contributed by atoms with van der Waals surface area (Å²) in [7, 11) is 0. The monoisotopic (exact) mass is 189 g/mol. The van der Waals surface area contributed by atoms with Crippen LogP contribution >= 0.6 is 0 Å².